The van der Waals surface area contributed by atoms with Gasteiger partial charge in [0.2, 0.25) is 5.91 Å². The van der Waals surface area contributed by atoms with Crippen LogP contribution in [0.4, 0.5) is 0 Å². The molecule has 1 atom stereocenters. The molecule has 1 rings (SSSR count). The van der Waals surface area contributed by atoms with Gasteiger partial charge >= 0.3 is 0 Å². The topological polar surface area (TPSA) is 46.3 Å². The van der Waals surface area contributed by atoms with Crippen molar-refractivity contribution in [1.29, 1.82) is 0 Å². The van der Waals surface area contributed by atoms with E-state index in [0.717, 1.165) is 19.5 Å². The summed E-state index contributed by atoms with van der Waals surface area (Å²) >= 11 is 0. The molecule has 12 heavy (non-hydrogen) atoms. The zero-order valence-corrected chi connectivity index (χ0v) is 8.13. The fraction of sp³-hybridized carbons (Fsp3) is 0.889. The Morgan fingerprint density at radius 1 is 1.42 bits per heavy atom. The van der Waals surface area contributed by atoms with E-state index in [-0.39, 0.29) is 17.4 Å². The first-order valence-corrected chi connectivity index (χ1v) is 4.47. The molecule has 2 N–H and O–H groups in total. The van der Waals surface area contributed by atoms with Crippen molar-refractivity contribution < 1.29 is 4.79 Å². The first kappa shape index (κ1) is 9.52. The van der Waals surface area contributed by atoms with Crippen molar-refractivity contribution in [2.75, 3.05) is 13.1 Å². The molecule has 3 nitrogen and oxygen atoms in total. The number of amides is 1. The van der Waals surface area contributed by atoms with Gasteiger partial charge in [-0.25, -0.2) is 0 Å². The van der Waals surface area contributed by atoms with E-state index in [1.165, 1.54) is 0 Å². The molecule has 0 spiro atoms. The summed E-state index contributed by atoms with van der Waals surface area (Å²) in [5.74, 6) is 0.105. The first-order valence-electron chi connectivity index (χ1n) is 4.47. The predicted molar refractivity (Wildman–Crippen MR) is 48.6 cm³/mol. The van der Waals surface area contributed by atoms with Crippen molar-refractivity contribution in [3.63, 3.8) is 0 Å². The summed E-state index contributed by atoms with van der Waals surface area (Å²) in [4.78, 5) is 13.4. The third-order valence-electron chi connectivity index (χ3n) is 2.37. The van der Waals surface area contributed by atoms with E-state index in [1.54, 1.807) is 0 Å². The quantitative estimate of drug-likeness (QED) is 0.626. The Hall–Kier alpha value is -0.570. The van der Waals surface area contributed by atoms with Gasteiger partial charge in [-0.1, -0.05) is 20.8 Å². The maximum Gasteiger partial charge on any atom is 0.240 e. The minimum Gasteiger partial charge on any atom is -0.341 e. The molecule has 0 aromatic rings. The van der Waals surface area contributed by atoms with Gasteiger partial charge < -0.3 is 10.6 Å². The summed E-state index contributed by atoms with van der Waals surface area (Å²) in [5, 5.41) is 0. The highest BCUT2D eigenvalue weighted by Gasteiger charge is 2.32. The largest absolute Gasteiger partial charge is 0.341 e. The number of rotatable bonds is 1. The van der Waals surface area contributed by atoms with E-state index < -0.39 is 0 Å². The predicted octanol–water partition coefficient (Wildman–Crippen LogP) is 0.592. The molecule has 1 amide bonds. The lowest BCUT2D eigenvalue weighted by atomic mass is 9.86. The van der Waals surface area contributed by atoms with Gasteiger partial charge in [0.1, 0.15) is 0 Å². The highest BCUT2D eigenvalue weighted by Crippen LogP contribution is 2.20. The van der Waals surface area contributed by atoms with Crippen molar-refractivity contribution in [3.8, 4) is 0 Å². The molecule has 1 fully saturated rings. The molecule has 1 unspecified atom stereocenters. The number of nitrogens with two attached hydrogens (primary N) is 1. The molecule has 0 aromatic heterocycles. The summed E-state index contributed by atoms with van der Waals surface area (Å²) in [6, 6.07) is -0.349. The maximum absolute atomic E-state index is 11.6. The Balaban J connectivity index is 2.51. The van der Waals surface area contributed by atoms with Gasteiger partial charge in [0.15, 0.2) is 0 Å². The van der Waals surface area contributed by atoms with Crippen molar-refractivity contribution in [1.82, 2.24) is 4.90 Å². The number of carbonyl (C=O) groups excluding carboxylic acids is 1. The standard InChI is InChI=1S/C9H18N2O/c1-9(2,3)7(10)8(12)11-5-4-6-11/h7H,4-6,10H2,1-3H3. The second kappa shape index (κ2) is 3.05. The van der Waals surface area contributed by atoms with Crippen LogP contribution < -0.4 is 5.73 Å². The third kappa shape index (κ3) is 1.78. The highest BCUT2D eigenvalue weighted by molar-refractivity contribution is 5.83. The van der Waals surface area contributed by atoms with Crippen LogP contribution >= 0.6 is 0 Å². The first-order chi connectivity index (χ1) is 5.43. The van der Waals surface area contributed by atoms with Crippen LogP contribution in [0, 0.1) is 5.41 Å². The lowest BCUT2D eigenvalue weighted by Crippen LogP contribution is -2.54. The summed E-state index contributed by atoms with van der Waals surface area (Å²) in [6.07, 6.45) is 1.13. The van der Waals surface area contributed by atoms with Gasteiger partial charge in [0.25, 0.3) is 0 Å². The van der Waals surface area contributed by atoms with Gasteiger partial charge in [-0.2, -0.15) is 0 Å². The summed E-state index contributed by atoms with van der Waals surface area (Å²) in [7, 11) is 0. The monoisotopic (exact) mass is 170 g/mol. The maximum atomic E-state index is 11.6. The molecular formula is C9H18N2O. The number of hydrogen-bond donors (Lipinski definition) is 1. The van der Waals surface area contributed by atoms with E-state index in [1.807, 2.05) is 25.7 Å². The van der Waals surface area contributed by atoms with E-state index in [4.69, 9.17) is 5.73 Å². The molecule has 0 radical (unpaired) electrons. The lowest BCUT2D eigenvalue weighted by Gasteiger charge is -2.36. The van der Waals surface area contributed by atoms with E-state index >= 15 is 0 Å². The second-order valence-electron chi connectivity index (χ2n) is 4.52. The molecule has 1 aliphatic heterocycles. The molecule has 1 aliphatic rings. The normalized spacial score (nSPS) is 20.2. The Morgan fingerprint density at radius 2 is 1.92 bits per heavy atom. The third-order valence-corrected chi connectivity index (χ3v) is 2.37. The van der Waals surface area contributed by atoms with E-state index in [9.17, 15) is 4.79 Å². The molecular weight excluding hydrogens is 152 g/mol. The Labute approximate surface area is 73.9 Å². The van der Waals surface area contributed by atoms with Crippen LogP contribution in [0.1, 0.15) is 27.2 Å². The Bertz CT molecular complexity index is 179. The molecule has 0 aromatic carbocycles. The van der Waals surface area contributed by atoms with Crippen molar-refractivity contribution in [2.24, 2.45) is 11.1 Å². The molecule has 1 heterocycles. The molecule has 1 saturated heterocycles. The minimum absolute atomic E-state index is 0.105. The average molecular weight is 170 g/mol. The zero-order valence-electron chi connectivity index (χ0n) is 8.13. The van der Waals surface area contributed by atoms with Crippen molar-refractivity contribution in [2.45, 2.75) is 33.2 Å². The number of likely N-dealkylation sites (tertiary alicyclic amines) is 1. The number of carbonyl (C=O) groups is 1. The lowest BCUT2D eigenvalue weighted by molar-refractivity contribution is -0.138. The molecule has 3 heteroatoms. The molecule has 0 aliphatic carbocycles. The van der Waals surface area contributed by atoms with E-state index in [0.29, 0.717) is 0 Å². The van der Waals surface area contributed by atoms with Crippen LogP contribution in [0.3, 0.4) is 0 Å². The van der Waals surface area contributed by atoms with Crippen LogP contribution in [0.15, 0.2) is 0 Å². The van der Waals surface area contributed by atoms with Gasteiger partial charge in [0.05, 0.1) is 6.04 Å². The van der Waals surface area contributed by atoms with Crippen LogP contribution in [0.5, 0.6) is 0 Å². The Morgan fingerprint density at radius 3 is 2.17 bits per heavy atom. The second-order valence-corrected chi connectivity index (χ2v) is 4.52. The van der Waals surface area contributed by atoms with Crippen LogP contribution in [-0.4, -0.2) is 29.9 Å². The smallest absolute Gasteiger partial charge is 0.240 e. The van der Waals surface area contributed by atoms with Gasteiger partial charge in [-0.05, 0) is 11.8 Å². The summed E-state index contributed by atoms with van der Waals surface area (Å²) < 4.78 is 0. The highest BCUT2D eigenvalue weighted by atomic mass is 16.2. The van der Waals surface area contributed by atoms with Gasteiger partial charge in [0, 0.05) is 13.1 Å². The molecule has 70 valence electrons. The number of hydrogen-bond acceptors (Lipinski definition) is 2. The van der Waals surface area contributed by atoms with Crippen molar-refractivity contribution >= 4 is 5.91 Å². The van der Waals surface area contributed by atoms with Crippen LogP contribution in [0.25, 0.3) is 0 Å². The van der Waals surface area contributed by atoms with Crippen LogP contribution in [0.2, 0.25) is 0 Å². The minimum atomic E-state index is -0.349. The fourth-order valence-electron chi connectivity index (χ4n) is 1.10. The molecule has 0 bridgehead atoms. The molecule has 0 saturated carbocycles. The van der Waals surface area contributed by atoms with E-state index in [2.05, 4.69) is 0 Å². The Kier molecular flexibility index (Phi) is 2.42. The fourth-order valence-corrected chi connectivity index (χ4v) is 1.10. The zero-order chi connectivity index (χ0) is 9.35. The SMILES string of the molecule is CC(C)(C)C(N)C(=O)N1CCC1. The van der Waals surface area contributed by atoms with Gasteiger partial charge in [-0.3, -0.25) is 4.79 Å². The average Bonchev–Trinajstić information content (AvgIpc) is 1.79. The van der Waals surface area contributed by atoms with Crippen molar-refractivity contribution in [3.05, 3.63) is 0 Å². The number of nitrogens with zero attached hydrogens (tertiary/aromatic N) is 1. The summed E-state index contributed by atoms with van der Waals surface area (Å²) in [6.45, 7) is 7.77. The van der Waals surface area contributed by atoms with Crippen LogP contribution in [-0.2, 0) is 4.79 Å². The summed E-state index contributed by atoms with van der Waals surface area (Å²) in [5.41, 5.74) is 5.70. The van der Waals surface area contributed by atoms with Gasteiger partial charge in [-0.15, -0.1) is 0 Å².